The molecule has 0 aliphatic rings. The summed E-state index contributed by atoms with van der Waals surface area (Å²) in [5, 5.41) is 2.97. The van der Waals surface area contributed by atoms with Gasteiger partial charge in [0.1, 0.15) is 18.1 Å². The molecule has 7 nitrogen and oxygen atoms in total. The number of ether oxygens (including phenoxy) is 1. The number of hydrogen-bond acceptors (Lipinski definition) is 4. The standard InChI is InChI=1S/C26H39N3O4/c1-6-32-18-10-16-29(25(31)27-26(3,4)5)20-24(30)28(19-23-14-13-21(2)33-23)17-15-22-11-8-7-9-12-22/h7-9,11-14H,6,10,15-20H2,1-5H3,(H,27,31). The van der Waals surface area contributed by atoms with Gasteiger partial charge in [0, 0.05) is 31.8 Å². The summed E-state index contributed by atoms with van der Waals surface area (Å²) >= 11 is 0. The molecule has 3 amide bonds. The second-order valence-electron chi connectivity index (χ2n) is 9.22. The molecule has 2 aromatic rings. The number of amides is 3. The summed E-state index contributed by atoms with van der Waals surface area (Å²) in [5.41, 5.74) is 0.766. The van der Waals surface area contributed by atoms with Crippen LogP contribution in [-0.2, 0) is 22.5 Å². The minimum Gasteiger partial charge on any atom is -0.464 e. The highest BCUT2D eigenvalue weighted by Crippen LogP contribution is 2.12. The van der Waals surface area contributed by atoms with Gasteiger partial charge in [0.15, 0.2) is 0 Å². The van der Waals surface area contributed by atoms with E-state index in [9.17, 15) is 9.59 Å². The lowest BCUT2D eigenvalue weighted by Gasteiger charge is -2.30. The van der Waals surface area contributed by atoms with E-state index in [4.69, 9.17) is 9.15 Å². The zero-order valence-electron chi connectivity index (χ0n) is 20.7. The molecule has 1 N–H and O–H groups in total. The second-order valence-corrected chi connectivity index (χ2v) is 9.22. The quantitative estimate of drug-likeness (QED) is 0.480. The van der Waals surface area contributed by atoms with Crippen molar-refractivity contribution in [3.63, 3.8) is 0 Å². The molecule has 0 aliphatic carbocycles. The molecule has 7 heteroatoms. The molecule has 0 unspecified atom stereocenters. The van der Waals surface area contributed by atoms with Gasteiger partial charge >= 0.3 is 6.03 Å². The zero-order valence-corrected chi connectivity index (χ0v) is 20.7. The van der Waals surface area contributed by atoms with Crippen LogP contribution in [0.2, 0.25) is 0 Å². The second kappa shape index (κ2) is 13.0. The minimum absolute atomic E-state index is 0.00250. The molecule has 0 saturated carbocycles. The summed E-state index contributed by atoms with van der Waals surface area (Å²) in [6.07, 6.45) is 1.39. The Labute approximate surface area is 198 Å². The molecular weight excluding hydrogens is 418 g/mol. The third kappa shape index (κ3) is 10.1. The fourth-order valence-corrected chi connectivity index (χ4v) is 3.38. The first-order valence-electron chi connectivity index (χ1n) is 11.7. The Morgan fingerprint density at radius 3 is 2.36 bits per heavy atom. The van der Waals surface area contributed by atoms with Gasteiger partial charge in [-0.25, -0.2) is 4.79 Å². The predicted octanol–water partition coefficient (Wildman–Crippen LogP) is 4.40. The number of aryl methyl sites for hydroxylation is 1. The summed E-state index contributed by atoms with van der Waals surface area (Å²) < 4.78 is 11.1. The monoisotopic (exact) mass is 457 g/mol. The molecule has 0 saturated heterocycles. The van der Waals surface area contributed by atoms with Gasteiger partial charge in [-0.15, -0.1) is 0 Å². The smallest absolute Gasteiger partial charge is 0.318 e. The van der Waals surface area contributed by atoms with E-state index in [1.165, 1.54) is 0 Å². The Hall–Kier alpha value is -2.80. The van der Waals surface area contributed by atoms with E-state index in [-0.39, 0.29) is 18.5 Å². The van der Waals surface area contributed by atoms with Gasteiger partial charge in [-0.05, 0) is 65.2 Å². The molecule has 33 heavy (non-hydrogen) atoms. The van der Waals surface area contributed by atoms with Gasteiger partial charge < -0.3 is 24.3 Å². The maximum absolute atomic E-state index is 13.4. The molecule has 0 bridgehead atoms. The number of urea groups is 1. The Balaban J connectivity index is 2.11. The van der Waals surface area contributed by atoms with Crippen molar-refractivity contribution in [2.75, 3.05) is 32.8 Å². The van der Waals surface area contributed by atoms with Crippen molar-refractivity contribution < 1.29 is 18.7 Å². The maximum atomic E-state index is 13.4. The van der Waals surface area contributed by atoms with Crippen molar-refractivity contribution in [2.24, 2.45) is 0 Å². The maximum Gasteiger partial charge on any atom is 0.318 e. The van der Waals surface area contributed by atoms with Crippen LogP contribution in [0.3, 0.4) is 0 Å². The zero-order chi connectivity index (χ0) is 24.3. The molecule has 0 atom stereocenters. The van der Waals surface area contributed by atoms with Gasteiger partial charge in [-0.1, -0.05) is 30.3 Å². The number of nitrogens with zero attached hydrogens (tertiary/aromatic N) is 2. The molecule has 0 radical (unpaired) electrons. The highest BCUT2D eigenvalue weighted by atomic mass is 16.5. The molecule has 182 valence electrons. The van der Waals surface area contributed by atoms with Crippen molar-refractivity contribution in [2.45, 2.75) is 59.5 Å². The van der Waals surface area contributed by atoms with Crippen LogP contribution < -0.4 is 5.32 Å². The number of nitrogens with one attached hydrogen (secondary N) is 1. The molecule has 1 aromatic carbocycles. The molecule has 0 spiro atoms. The molecule has 0 fully saturated rings. The third-order valence-electron chi connectivity index (χ3n) is 5.02. The fourth-order valence-electron chi connectivity index (χ4n) is 3.38. The van der Waals surface area contributed by atoms with Crippen LogP contribution in [0.25, 0.3) is 0 Å². The van der Waals surface area contributed by atoms with Crippen LogP contribution in [0.4, 0.5) is 4.79 Å². The van der Waals surface area contributed by atoms with Gasteiger partial charge in [0.2, 0.25) is 5.91 Å². The van der Waals surface area contributed by atoms with E-state index >= 15 is 0 Å². The first-order chi connectivity index (χ1) is 15.7. The van der Waals surface area contributed by atoms with E-state index in [1.807, 2.05) is 65.0 Å². The van der Waals surface area contributed by atoms with Crippen LogP contribution in [-0.4, -0.2) is 60.1 Å². The number of rotatable bonds is 12. The van der Waals surface area contributed by atoms with Gasteiger partial charge in [0.05, 0.1) is 6.54 Å². The molecule has 0 aliphatic heterocycles. The first-order valence-corrected chi connectivity index (χ1v) is 11.7. The van der Waals surface area contributed by atoms with E-state index in [2.05, 4.69) is 17.4 Å². The summed E-state index contributed by atoms with van der Waals surface area (Å²) in [5.74, 6) is 1.43. The lowest BCUT2D eigenvalue weighted by molar-refractivity contribution is -0.132. The highest BCUT2D eigenvalue weighted by Gasteiger charge is 2.24. The fraction of sp³-hybridized carbons (Fsp3) is 0.538. The largest absolute Gasteiger partial charge is 0.464 e. The van der Waals surface area contributed by atoms with Crippen molar-refractivity contribution in [3.8, 4) is 0 Å². The van der Waals surface area contributed by atoms with Gasteiger partial charge in [-0.2, -0.15) is 0 Å². The molecule has 2 rings (SSSR count). The molecular formula is C26H39N3O4. The number of carbonyl (C=O) groups excluding carboxylic acids is 2. The first kappa shape index (κ1) is 26.5. The van der Waals surface area contributed by atoms with E-state index < -0.39 is 5.54 Å². The molecule has 1 aromatic heterocycles. The van der Waals surface area contributed by atoms with Crippen LogP contribution in [0.1, 0.15) is 51.2 Å². The number of furan rings is 1. The topological polar surface area (TPSA) is 75.0 Å². The van der Waals surface area contributed by atoms with Gasteiger partial charge in [-0.3, -0.25) is 4.79 Å². The average Bonchev–Trinajstić information content (AvgIpc) is 3.17. The predicted molar refractivity (Wildman–Crippen MR) is 130 cm³/mol. The summed E-state index contributed by atoms with van der Waals surface area (Å²) in [7, 11) is 0. The van der Waals surface area contributed by atoms with E-state index in [0.29, 0.717) is 39.3 Å². The summed E-state index contributed by atoms with van der Waals surface area (Å²) in [6.45, 7) is 12.1. The van der Waals surface area contributed by atoms with Gasteiger partial charge in [0.25, 0.3) is 0 Å². The van der Waals surface area contributed by atoms with Crippen molar-refractivity contribution in [1.29, 1.82) is 0 Å². The number of hydrogen-bond donors (Lipinski definition) is 1. The normalized spacial score (nSPS) is 11.3. The van der Waals surface area contributed by atoms with Crippen molar-refractivity contribution in [3.05, 3.63) is 59.5 Å². The van der Waals surface area contributed by atoms with Crippen molar-refractivity contribution in [1.82, 2.24) is 15.1 Å². The Bertz CT molecular complexity index is 858. The average molecular weight is 458 g/mol. The minimum atomic E-state index is -0.392. The van der Waals surface area contributed by atoms with E-state index in [1.54, 1.807) is 9.80 Å². The van der Waals surface area contributed by atoms with E-state index in [0.717, 1.165) is 23.5 Å². The Morgan fingerprint density at radius 1 is 1.03 bits per heavy atom. The molecule has 1 heterocycles. The summed E-state index contributed by atoms with van der Waals surface area (Å²) in [6, 6.07) is 13.6. The number of carbonyl (C=O) groups is 2. The van der Waals surface area contributed by atoms with Crippen LogP contribution in [0.5, 0.6) is 0 Å². The Morgan fingerprint density at radius 2 is 1.76 bits per heavy atom. The van der Waals surface area contributed by atoms with Crippen LogP contribution >= 0.6 is 0 Å². The third-order valence-corrected chi connectivity index (χ3v) is 5.02. The lowest BCUT2D eigenvalue weighted by Crippen LogP contribution is -2.52. The lowest BCUT2D eigenvalue weighted by atomic mass is 10.1. The number of benzene rings is 1. The van der Waals surface area contributed by atoms with Crippen molar-refractivity contribution >= 4 is 11.9 Å². The summed E-state index contributed by atoms with van der Waals surface area (Å²) in [4.78, 5) is 29.6. The van der Waals surface area contributed by atoms with Crippen LogP contribution in [0, 0.1) is 6.92 Å². The van der Waals surface area contributed by atoms with Crippen LogP contribution in [0.15, 0.2) is 46.9 Å². The highest BCUT2D eigenvalue weighted by molar-refractivity contribution is 5.84. The SMILES string of the molecule is CCOCCCN(CC(=O)N(CCc1ccccc1)Cc1ccc(C)o1)C(=O)NC(C)(C)C. The Kier molecular flexibility index (Phi) is 10.5.